The summed E-state index contributed by atoms with van der Waals surface area (Å²) < 4.78 is 0. The van der Waals surface area contributed by atoms with Gasteiger partial charge >= 0.3 is 0 Å². The lowest BCUT2D eigenvalue weighted by atomic mass is 9.96. The van der Waals surface area contributed by atoms with Crippen LogP contribution in [0.1, 0.15) is 39.9 Å². The van der Waals surface area contributed by atoms with Gasteiger partial charge in [0.15, 0.2) is 0 Å². The molecule has 0 radical (unpaired) electrons. The maximum absolute atomic E-state index is 5.47. The molecule has 1 heterocycles. The number of aromatic nitrogens is 2. The molecule has 19 heavy (non-hydrogen) atoms. The van der Waals surface area contributed by atoms with Crippen LogP contribution in [0.2, 0.25) is 0 Å². The van der Waals surface area contributed by atoms with Crippen molar-refractivity contribution in [2.45, 2.75) is 45.6 Å². The van der Waals surface area contributed by atoms with Gasteiger partial charge in [-0.1, -0.05) is 20.8 Å². The molecule has 108 valence electrons. The molecule has 4 N–H and O–H groups in total. The summed E-state index contributed by atoms with van der Waals surface area (Å²) in [5.74, 6) is 8.84. The zero-order valence-corrected chi connectivity index (χ0v) is 13.3. The van der Waals surface area contributed by atoms with E-state index < -0.39 is 0 Å². The monoisotopic (exact) mass is 283 g/mol. The third kappa shape index (κ3) is 5.24. The molecule has 0 aliphatic heterocycles. The van der Waals surface area contributed by atoms with Gasteiger partial charge in [-0.05, 0) is 25.4 Å². The van der Waals surface area contributed by atoms with E-state index in [1.807, 2.05) is 17.8 Å². The van der Waals surface area contributed by atoms with Gasteiger partial charge < -0.3 is 10.7 Å². The van der Waals surface area contributed by atoms with E-state index >= 15 is 0 Å². The number of nitrogens with two attached hydrogens (primary N) is 1. The number of nitrogens with one attached hydrogen (secondary N) is 2. The summed E-state index contributed by atoms with van der Waals surface area (Å²) >= 11 is 1.85. The van der Waals surface area contributed by atoms with E-state index in [9.17, 15) is 0 Å². The molecule has 1 unspecified atom stereocenters. The largest absolute Gasteiger partial charge is 0.367 e. The average molecular weight is 283 g/mol. The van der Waals surface area contributed by atoms with Crippen LogP contribution in [0.4, 0.5) is 11.6 Å². The van der Waals surface area contributed by atoms with Gasteiger partial charge in [0.25, 0.3) is 0 Å². The zero-order valence-electron chi connectivity index (χ0n) is 12.4. The molecule has 0 saturated carbocycles. The first-order chi connectivity index (χ1) is 8.86. The molecule has 0 aromatic carbocycles. The highest BCUT2D eigenvalue weighted by Gasteiger charge is 2.19. The molecular weight excluding hydrogens is 258 g/mol. The lowest BCUT2D eigenvalue weighted by Crippen LogP contribution is -2.22. The average Bonchev–Trinajstić information content (AvgIpc) is 2.34. The minimum absolute atomic E-state index is 0.105. The Labute approximate surface area is 120 Å². The topological polar surface area (TPSA) is 75.9 Å². The molecule has 1 aromatic heterocycles. The first kappa shape index (κ1) is 16.0. The first-order valence-electron chi connectivity index (χ1n) is 6.48. The summed E-state index contributed by atoms with van der Waals surface area (Å²) in [5, 5.41) is 3.40. The van der Waals surface area contributed by atoms with Gasteiger partial charge in [0.2, 0.25) is 0 Å². The Morgan fingerprint density at radius 1 is 1.32 bits per heavy atom. The molecular formula is C13H25N5S. The number of nitrogens with zero attached hydrogens (tertiary/aromatic N) is 2. The van der Waals surface area contributed by atoms with Crippen LogP contribution < -0.4 is 16.6 Å². The molecule has 0 aliphatic carbocycles. The number of rotatable bonds is 6. The van der Waals surface area contributed by atoms with Crippen molar-refractivity contribution in [3.63, 3.8) is 0 Å². The number of thioether (sulfide) groups is 1. The van der Waals surface area contributed by atoms with Crippen molar-refractivity contribution < 1.29 is 0 Å². The van der Waals surface area contributed by atoms with E-state index in [0.29, 0.717) is 11.9 Å². The van der Waals surface area contributed by atoms with Gasteiger partial charge in [-0.15, -0.1) is 0 Å². The molecule has 1 aromatic rings. The van der Waals surface area contributed by atoms with Crippen molar-refractivity contribution in [2.75, 3.05) is 22.8 Å². The van der Waals surface area contributed by atoms with E-state index in [1.54, 1.807) is 0 Å². The Bertz CT molecular complexity index is 403. The maximum atomic E-state index is 5.47. The van der Waals surface area contributed by atoms with Gasteiger partial charge in [-0.25, -0.2) is 15.8 Å². The van der Waals surface area contributed by atoms with Crippen molar-refractivity contribution in [2.24, 2.45) is 5.84 Å². The molecule has 0 amide bonds. The highest BCUT2D eigenvalue weighted by molar-refractivity contribution is 7.98. The van der Waals surface area contributed by atoms with Gasteiger partial charge in [-0.2, -0.15) is 11.8 Å². The van der Waals surface area contributed by atoms with Crippen LogP contribution in [0.3, 0.4) is 0 Å². The summed E-state index contributed by atoms with van der Waals surface area (Å²) in [6.45, 7) is 8.42. The Hall–Kier alpha value is -1.01. The Morgan fingerprint density at radius 2 is 1.95 bits per heavy atom. The van der Waals surface area contributed by atoms with Crippen LogP contribution in [-0.4, -0.2) is 28.0 Å². The number of anilines is 2. The normalized spacial score (nSPS) is 13.2. The number of nitrogen functional groups attached to an aromatic ring is 1. The quantitative estimate of drug-likeness (QED) is 0.550. The number of hydrazine groups is 1. The van der Waals surface area contributed by atoms with Gasteiger partial charge in [0.05, 0.1) is 0 Å². The molecule has 0 bridgehead atoms. The van der Waals surface area contributed by atoms with E-state index in [0.717, 1.165) is 23.8 Å². The summed E-state index contributed by atoms with van der Waals surface area (Å²) in [4.78, 5) is 8.98. The minimum Gasteiger partial charge on any atom is -0.367 e. The maximum Gasteiger partial charge on any atom is 0.145 e. The van der Waals surface area contributed by atoms with Crippen molar-refractivity contribution in [3.8, 4) is 0 Å². The first-order valence-corrected chi connectivity index (χ1v) is 7.88. The molecule has 0 saturated heterocycles. The Kier molecular flexibility index (Phi) is 5.87. The van der Waals surface area contributed by atoms with Crippen LogP contribution >= 0.6 is 11.8 Å². The Morgan fingerprint density at radius 3 is 2.47 bits per heavy atom. The van der Waals surface area contributed by atoms with Crippen molar-refractivity contribution >= 4 is 23.4 Å². The van der Waals surface area contributed by atoms with Crippen molar-refractivity contribution in [1.82, 2.24) is 9.97 Å². The highest BCUT2D eigenvalue weighted by atomic mass is 32.2. The van der Waals surface area contributed by atoms with E-state index in [-0.39, 0.29) is 5.41 Å². The summed E-state index contributed by atoms with van der Waals surface area (Å²) in [7, 11) is 0. The summed E-state index contributed by atoms with van der Waals surface area (Å²) in [6, 6.07) is 2.21. The fourth-order valence-electron chi connectivity index (χ4n) is 1.55. The fraction of sp³-hybridized carbons (Fsp3) is 0.692. The fourth-order valence-corrected chi connectivity index (χ4v) is 2.14. The predicted molar refractivity (Wildman–Crippen MR) is 84.6 cm³/mol. The standard InChI is InChI=1S/C13H25N5S/c1-9(6-7-19-5)15-10-8-11(18-14)17-12(16-10)13(2,3)4/h8-9H,6-7,14H2,1-5H3,(H2,15,16,17,18). The van der Waals surface area contributed by atoms with Crippen LogP contribution in [0, 0.1) is 0 Å². The van der Waals surface area contributed by atoms with Crippen molar-refractivity contribution in [1.29, 1.82) is 0 Å². The molecule has 6 heteroatoms. The number of hydrogen-bond acceptors (Lipinski definition) is 6. The second-order valence-electron chi connectivity index (χ2n) is 5.68. The third-order valence-electron chi connectivity index (χ3n) is 2.69. The molecule has 0 aliphatic rings. The van der Waals surface area contributed by atoms with Crippen molar-refractivity contribution in [3.05, 3.63) is 11.9 Å². The summed E-state index contributed by atoms with van der Waals surface area (Å²) in [6.07, 6.45) is 3.22. The third-order valence-corrected chi connectivity index (χ3v) is 3.34. The minimum atomic E-state index is -0.105. The molecule has 1 rings (SSSR count). The van der Waals surface area contributed by atoms with Crippen LogP contribution in [0.15, 0.2) is 6.07 Å². The highest BCUT2D eigenvalue weighted by Crippen LogP contribution is 2.22. The van der Waals surface area contributed by atoms with Gasteiger partial charge in [0, 0.05) is 17.5 Å². The van der Waals surface area contributed by atoms with Crippen LogP contribution in [0.5, 0.6) is 0 Å². The molecule has 5 nitrogen and oxygen atoms in total. The smallest absolute Gasteiger partial charge is 0.145 e. The van der Waals surface area contributed by atoms with E-state index in [2.05, 4.69) is 54.7 Å². The lowest BCUT2D eigenvalue weighted by Gasteiger charge is -2.20. The van der Waals surface area contributed by atoms with E-state index in [1.165, 1.54) is 0 Å². The second kappa shape index (κ2) is 6.96. The Balaban J connectivity index is 2.88. The zero-order chi connectivity index (χ0) is 14.5. The van der Waals surface area contributed by atoms with Crippen LogP contribution in [-0.2, 0) is 5.41 Å². The predicted octanol–water partition coefficient (Wildman–Crippen LogP) is 2.61. The van der Waals surface area contributed by atoms with Gasteiger partial charge in [-0.3, -0.25) is 0 Å². The van der Waals surface area contributed by atoms with E-state index in [4.69, 9.17) is 5.84 Å². The van der Waals surface area contributed by atoms with Crippen LogP contribution in [0.25, 0.3) is 0 Å². The number of hydrogen-bond donors (Lipinski definition) is 3. The summed E-state index contributed by atoms with van der Waals surface area (Å²) in [5.41, 5.74) is 2.50. The molecule has 0 spiro atoms. The molecule has 1 atom stereocenters. The SMILES string of the molecule is CSCCC(C)Nc1cc(NN)nc(C(C)(C)C)n1. The van der Waals surface area contributed by atoms with Gasteiger partial charge in [0.1, 0.15) is 17.5 Å². The second-order valence-corrected chi connectivity index (χ2v) is 6.67. The lowest BCUT2D eigenvalue weighted by molar-refractivity contribution is 0.546. The molecule has 0 fully saturated rings.